The molecular weight excluding hydrogens is 366 g/mol. The van der Waals surface area contributed by atoms with Gasteiger partial charge in [0.15, 0.2) is 11.5 Å². The number of hydrogen-bond donors (Lipinski definition) is 2. The highest BCUT2D eigenvalue weighted by atomic mass is 32.2. The first-order valence-corrected chi connectivity index (χ1v) is 10.0. The molecule has 2 N–H and O–H groups in total. The number of nitrogens with one attached hydrogen (secondary N) is 2. The third-order valence-electron chi connectivity index (χ3n) is 4.29. The summed E-state index contributed by atoms with van der Waals surface area (Å²) in [6.07, 6.45) is 3.25. The second kappa shape index (κ2) is 7.51. The fourth-order valence-electron chi connectivity index (χ4n) is 2.96. The third kappa shape index (κ3) is 3.87. The van der Waals surface area contributed by atoms with Crippen molar-refractivity contribution in [2.24, 2.45) is 0 Å². The molecule has 8 heteroatoms. The summed E-state index contributed by atoms with van der Waals surface area (Å²) in [5.41, 5.74) is 1.05. The molecule has 3 aromatic rings. The first-order valence-electron chi connectivity index (χ1n) is 8.55. The number of sulfonamides is 1. The number of aromatic nitrogens is 1. The Hall–Kier alpha value is -2.68. The van der Waals surface area contributed by atoms with Crippen LogP contribution in [0.3, 0.4) is 0 Å². The van der Waals surface area contributed by atoms with E-state index in [1.165, 1.54) is 0 Å². The Morgan fingerprint density at radius 2 is 1.93 bits per heavy atom. The lowest BCUT2D eigenvalue weighted by atomic mass is 10.2. The smallest absolute Gasteiger partial charge is 0.241 e. The summed E-state index contributed by atoms with van der Waals surface area (Å²) in [4.78, 5) is 4.29. The number of nitrogens with zero attached hydrogens (tertiary/aromatic N) is 1. The van der Waals surface area contributed by atoms with Gasteiger partial charge < -0.3 is 14.8 Å². The van der Waals surface area contributed by atoms with Crippen LogP contribution in [0.1, 0.15) is 5.56 Å². The monoisotopic (exact) mass is 385 g/mol. The lowest BCUT2D eigenvalue weighted by Crippen LogP contribution is -2.31. The first-order chi connectivity index (χ1) is 13.1. The molecule has 0 atom stereocenters. The largest absolute Gasteiger partial charge is 0.454 e. The van der Waals surface area contributed by atoms with Crippen molar-refractivity contribution in [3.8, 4) is 11.5 Å². The van der Waals surface area contributed by atoms with Crippen LogP contribution in [0.25, 0.3) is 10.8 Å². The lowest BCUT2D eigenvalue weighted by molar-refractivity contribution is 0.174. The molecule has 0 aliphatic carbocycles. The maximum absolute atomic E-state index is 12.6. The molecule has 0 bridgehead atoms. The van der Waals surface area contributed by atoms with Crippen molar-refractivity contribution in [1.29, 1.82) is 0 Å². The van der Waals surface area contributed by atoms with Crippen LogP contribution in [0.15, 0.2) is 59.8 Å². The van der Waals surface area contributed by atoms with Gasteiger partial charge in [-0.1, -0.05) is 18.2 Å². The van der Waals surface area contributed by atoms with Crippen molar-refractivity contribution in [1.82, 2.24) is 15.0 Å². The summed E-state index contributed by atoms with van der Waals surface area (Å²) in [6.45, 7) is 1.64. The topological polar surface area (TPSA) is 89.6 Å². The quantitative estimate of drug-likeness (QED) is 0.605. The standard InChI is InChI=1S/C19H19N3O4S/c23-27(24,19-3-1-2-15-12-20-7-6-16(15)19)22-9-8-21-11-14-4-5-17-18(10-14)26-13-25-17/h1-7,10,12,21-22H,8-9,11,13H2. The first kappa shape index (κ1) is 17.7. The fraction of sp³-hybridized carbons (Fsp3) is 0.211. The summed E-state index contributed by atoms with van der Waals surface area (Å²) >= 11 is 0. The van der Waals surface area contributed by atoms with E-state index in [0.29, 0.717) is 18.5 Å². The zero-order chi connectivity index (χ0) is 18.7. The number of fused-ring (bicyclic) bond motifs is 2. The van der Waals surface area contributed by atoms with E-state index < -0.39 is 10.0 Å². The number of ether oxygens (including phenoxy) is 2. The molecule has 0 fully saturated rings. The minimum Gasteiger partial charge on any atom is -0.454 e. The molecule has 1 aliphatic heterocycles. The van der Waals surface area contributed by atoms with Crippen LogP contribution in [-0.4, -0.2) is 33.3 Å². The molecule has 140 valence electrons. The molecule has 0 amide bonds. The van der Waals surface area contributed by atoms with Gasteiger partial charge in [-0.15, -0.1) is 0 Å². The molecule has 0 spiro atoms. The van der Waals surface area contributed by atoms with Gasteiger partial charge in [-0.2, -0.15) is 0 Å². The predicted octanol–water partition coefficient (Wildman–Crippen LogP) is 2.03. The van der Waals surface area contributed by atoms with Gasteiger partial charge in [-0.05, 0) is 29.8 Å². The van der Waals surface area contributed by atoms with Gasteiger partial charge >= 0.3 is 0 Å². The highest BCUT2D eigenvalue weighted by Gasteiger charge is 2.16. The average molecular weight is 385 g/mol. The van der Waals surface area contributed by atoms with E-state index in [-0.39, 0.29) is 18.2 Å². The molecule has 2 heterocycles. The van der Waals surface area contributed by atoms with E-state index >= 15 is 0 Å². The van der Waals surface area contributed by atoms with Gasteiger partial charge in [0.2, 0.25) is 16.8 Å². The Morgan fingerprint density at radius 1 is 1.04 bits per heavy atom. The van der Waals surface area contributed by atoms with Gasteiger partial charge in [0.25, 0.3) is 0 Å². The van der Waals surface area contributed by atoms with Gasteiger partial charge in [0.1, 0.15) is 0 Å². The Morgan fingerprint density at radius 3 is 2.85 bits per heavy atom. The summed E-state index contributed by atoms with van der Waals surface area (Å²) in [6, 6.07) is 12.6. The molecule has 0 saturated carbocycles. The molecule has 27 heavy (non-hydrogen) atoms. The molecule has 0 saturated heterocycles. The van der Waals surface area contributed by atoms with Crippen LogP contribution >= 0.6 is 0 Å². The highest BCUT2D eigenvalue weighted by molar-refractivity contribution is 7.89. The van der Waals surface area contributed by atoms with Crippen molar-refractivity contribution in [2.75, 3.05) is 19.9 Å². The van der Waals surface area contributed by atoms with Crippen LogP contribution in [0.4, 0.5) is 0 Å². The Kier molecular flexibility index (Phi) is 4.93. The van der Waals surface area contributed by atoms with E-state index in [1.54, 1.807) is 30.6 Å². The van der Waals surface area contributed by atoms with Crippen molar-refractivity contribution in [3.05, 3.63) is 60.4 Å². The minimum absolute atomic E-state index is 0.248. The van der Waals surface area contributed by atoms with Crippen molar-refractivity contribution < 1.29 is 17.9 Å². The second-order valence-corrected chi connectivity index (χ2v) is 7.85. The van der Waals surface area contributed by atoms with Crippen molar-refractivity contribution in [2.45, 2.75) is 11.4 Å². The fourth-order valence-corrected chi connectivity index (χ4v) is 4.22. The third-order valence-corrected chi connectivity index (χ3v) is 5.81. The second-order valence-electron chi connectivity index (χ2n) is 6.12. The molecule has 0 radical (unpaired) electrons. The van der Waals surface area contributed by atoms with Gasteiger partial charge in [0, 0.05) is 42.8 Å². The molecular formula is C19H19N3O4S. The maximum Gasteiger partial charge on any atom is 0.241 e. The number of rotatable bonds is 7. The van der Waals surface area contributed by atoms with Gasteiger partial charge in [0.05, 0.1) is 4.90 Å². The van der Waals surface area contributed by atoms with Gasteiger partial charge in [-0.25, -0.2) is 13.1 Å². The van der Waals surface area contributed by atoms with Gasteiger partial charge in [-0.3, -0.25) is 4.98 Å². The molecule has 1 aromatic heterocycles. The Labute approximate surface area is 157 Å². The zero-order valence-electron chi connectivity index (χ0n) is 14.5. The summed E-state index contributed by atoms with van der Waals surface area (Å²) < 4.78 is 38.5. The van der Waals surface area contributed by atoms with Crippen LogP contribution in [0.5, 0.6) is 11.5 Å². The van der Waals surface area contributed by atoms with Crippen molar-refractivity contribution >= 4 is 20.8 Å². The molecule has 7 nitrogen and oxygen atoms in total. The SMILES string of the molecule is O=S(=O)(NCCNCc1ccc2c(c1)OCO2)c1cccc2cnccc12. The minimum atomic E-state index is -3.59. The highest BCUT2D eigenvalue weighted by Crippen LogP contribution is 2.32. The van der Waals surface area contributed by atoms with Crippen LogP contribution in [0, 0.1) is 0 Å². The molecule has 2 aromatic carbocycles. The van der Waals surface area contributed by atoms with E-state index in [1.807, 2.05) is 24.3 Å². The number of benzene rings is 2. The van der Waals surface area contributed by atoms with Crippen LogP contribution < -0.4 is 19.5 Å². The maximum atomic E-state index is 12.6. The number of pyridine rings is 1. The van der Waals surface area contributed by atoms with E-state index in [0.717, 1.165) is 22.4 Å². The predicted molar refractivity (Wildman–Crippen MR) is 101 cm³/mol. The average Bonchev–Trinajstić information content (AvgIpc) is 3.15. The normalized spacial score (nSPS) is 13.2. The summed E-state index contributed by atoms with van der Waals surface area (Å²) in [7, 11) is -3.59. The lowest BCUT2D eigenvalue weighted by Gasteiger charge is -2.10. The van der Waals surface area contributed by atoms with E-state index in [9.17, 15) is 8.42 Å². The molecule has 0 unspecified atom stereocenters. The summed E-state index contributed by atoms with van der Waals surface area (Å²) in [5.74, 6) is 1.48. The zero-order valence-corrected chi connectivity index (χ0v) is 15.3. The Balaban J connectivity index is 1.33. The van der Waals surface area contributed by atoms with E-state index in [4.69, 9.17) is 9.47 Å². The van der Waals surface area contributed by atoms with E-state index in [2.05, 4.69) is 15.0 Å². The van der Waals surface area contributed by atoms with Crippen LogP contribution in [0.2, 0.25) is 0 Å². The molecule has 1 aliphatic rings. The van der Waals surface area contributed by atoms with Crippen LogP contribution in [-0.2, 0) is 16.6 Å². The molecule has 4 rings (SSSR count). The van der Waals surface area contributed by atoms with Crippen molar-refractivity contribution in [3.63, 3.8) is 0 Å². The number of hydrogen-bond acceptors (Lipinski definition) is 6. The Bertz CT molecular complexity index is 1060. The summed E-state index contributed by atoms with van der Waals surface area (Å²) in [5, 5.41) is 4.67.